The van der Waals surface area contributed by atoms with Crippen molar-refractivity contribution in [2.45, 2.75) is 66.0 Å². The van der Waals surface area contributed by atoms with Gasteiger partial charge in [-0.1, -0.05) is 33.3 Å². The molecule has 0 spiro atoms. The molecule has 1 saturated carbocycles. The molecule has 4 unspecified atom stereocenters. The van der Waals surface area contributed by atoms with Crippen molar-refractivity contribution < 1.29 is 14.3 Å². The summed E-state index contributed by atoms with van der Waals surface area (Å²) in [7, 11) is 0. The SMILES string of the molecule is C=CCN(C(C)=O)C(C)C(=O)OC1CC(C)CCC1C(C)C. The average molecular weight is 309 g/mol. The highest BCUT2D eigenvalue weighted by atomic mass is 16.5. The first-order valence-electron chi connectivity index (χ1n) is 8.36. The van der Waals surface area contributed by atoms with E-state index in [1.807, 2.05) is 0 Å². The second kappa shape index (κ2) is 8.35. The highest BCUT2D eigenvalue weighted by Gasteiger charge is 2.35. The van der Waals surface area contributed by atoms with E-state index in [1.165, 1.54) is 18.2 Å². The highest BCUT2D eigenvalue weighted by molar-refractivity contribution is 5.83. The normalized spacial score (nSPS) is 26.4. The molecule has 4 atom stereocenters. The van der Waals surface area contributed by atoms with Crippen LogP contribution >= 0.6 is 0 Å². The molecule has 126 valence electrons. The van der Waals surface area contributed by atoms with Crippen LogP contribution in [0.25, 0.3) is 0 Å². The van der Waals surface area contributed by atoms with Crippen molar-refractivity contribution in [3.8, 4) is 0 Å². The summed E-state index contributed by atoms with van der Waals surface area (Å²) in [6, 6.07) is -0.569. The van der Waals surface area contributed by atoms with Crippen LogP contribution < -0.4 is 0 Å². The van der Waals surface area contributed by atoms with E-state index in [0.717, 1.165) is 12.8 Å². The first-order chi connectivity index (χ1) is 10.3. The van der Waals surface area contributed by atoms with E-state index in [2.05, 4.69) is 27.4 Å². The predicted octanol–water partition coefficient (Wildman–Crippen LogP) is 3.41. The second-order valence-electron chi connectivity index (χ2n) is 6.94. The van der Waals surface area contributed by atoms with Crippen molar-refractivity contribution in [2.24, 2.45) is 17.8 Å². The third-order valence-electron chi connectivity index (χ3n) is 4.77. The Labute approximate surface area is 134 Å². The molecule has 4 heteroatoms. The van der Waals surface area contributed by atoms with E-state index in [0.29, 0.717) is 24.3 Å². The van der Waals surface area contributed by atoms with E-state index in [4.69, 9.17) is 4.74 Å². The van der Waals surface area contributed by atoms with E-state index < -0.39 is 6.04 Å². The van der Waals surface area contributed by atoms with Crippen LogP contribution in [0, 0.1) is 17.8 Å². The molecule has 0 aromatic heterocycles. The molecule has 0 aromatic rings. The summed E-state index contributed by atoms with van der Waals surface area (Å²) in [5, 5.41) is 0. The Morgan fingerprint density at radius 3 is 2.45 bits per heavy atom. The minimum Gasteiger partial charge on any atom is -0.461 e. The van der Waals surface area contributed by atoms with Crippen LogP contribution in [0.4, 0.5) is 0 Å². The lowest BCUT2D eigenvalue weighted by atomic mass is 9.75. The van der Waals surface area contributed by atoms with Gasteiger partial charge in [-0.3, -0.25) is 4.79 Å². The zero-order valence-electron chi connectivity index (χ0n) is 14.7. The van der Waals surface area contributed by atoms with Gasteiger partial charge in [-0.25, -0.2) is 4.79 Å². The van der Waals surface area contributed by atoms with Gasteiger partial charge in [-0.05, 0) is 37.5 Å². The molecule has 1 fully saturated rings. The molecule has 0 radical (unpaired) electrons. The van der Waals surface area contributed by atoms with Gasteiger partial charge >= 0.3 is 5.97 Å². The summed E-state index contributed by atoms with van der Waals surface area (Å²) in [4.78, 5) is 25.6. The lowest BCUT2D eigenvalue weighted by Gasteiger charge is -2.38. The van der Waals surface area contributed by atoms with E-state index in [1.54, 1.807) is 13.0 Å². The zero-order chi connectivity index (χ0) is 16.9. The predicted molar refractivity (Wildman–Crippen MR) is 88.3 cm³/mol. The summed E-state index contributed by atoms with van der Waals surface area (Å²) in [6.45, 7) is 13.8. The molecular weight excluding hydrogens is 278 g/mol. The molecule has 0 aromatic carbocycles. The molecular formula is C18H31NO3. The number of amides is 1. The fourth-order valence-electron chi connectivity index (χ4n) is 3.32. The lowest BCUT2D eigenvalue weighted by molar-refractivity contribution is -0.164. The van der Waals surface area contributed by atoms with Crippen molar-refractivity contribution in [3.05, 3.63) is 12.7 Å². The molecule has 0 bridgehead atoms. The minimum atomic E-state index is -0.569. The van der Waals surface area contributed by atoms with Crippen molar-refractivity contribution >= 4 is 11.9 Å². The average Bonchev–Trinajstić information content (AvgIpc) is 2.43. The van der Waals surface area contributed by atoms with Gasteiger partial charge in [0, 0.05) is 13.5 Å². The zero-order valence-corrected chi connectivity index (χ0v) is 14.7. The monoisotopic (exact) mass is 309 g/mol. The fraction of sp³-hybridized carbons (Fsp3) is 0.778. The Morgan fingerprint density at radius 2 is 1.95 bits per heavy atom. The molecule has 0 N–H and O–H groups in total. The minimum absolute atomic E-state index is 0.0313. The van der Waals surface area contributed by atoms with Gasteiger partial charge in [-0.15, -0.1) is 6.58 Å². The summed E-state index contributed by atoms with van der Waals surface area (Å²) < 4.78 is 5.81. The Morgan fingerprint density at radius 1 is 1.32 bits per heavy atom. The van der Waals surface area contributed by atoms with Crippen LogP contribution in [0.1, 0.15) is 53.9 Å². The van der Waals surface area contributed by atoms with Crippen LogP contribution in [-0.2, 0) is 14.3 Å². The van der Waals surface area contributed by atoms with Crippen LogP contribution in [0.3, 0.4) is 0 Å². The van der Waals surface area contributed by atoms with Crippen molar-refractivity contribution in [1.82, 2.24) is 4.90 Å². The lowest BCUT2D eigenvalue weighted by Crippen LogP contribution is -2.46. The van der Waals surface area contributed by atoms with Crippen LogP contribution in [-0.4, -0.2) is 35.5 Å². The second-order valence-corrected chi connectivity index (χ2v) is 6.94. The fourth-order valence-corrected chi connectivity index (χ4v) is 3.32. The summed E-state index contributed by atoms with van der Waals surface area (Å²) >= 11 is 0. The van der Waals surface area contributed by atoms with E-state index in [9.17, 15) is 9.59 Å². The molecule has 1 aliphatic carbocycles. The van der Waals surface area contributed by atoms with Crippen LogP contribution in [0.5, 0.6) is 0 Å². The maximum absolute atomic E-state index is 12.5. The van der Waals surface area contributed by atoms with Crippen molar-refractivity contribution in [1.29, 1.82) is 0 Å². The van der Waals surface area contributed by atoms with Gasteiger partial charge in [0.2, 0.25) is 5.91 Å². The number of ether oxygens (including phenoxy) is 1. The number of carbonyl (C=O) groups excluding carboxylic acids is 2. The van der Waals surface area contributed by atoms with Crippen LogP contribution in [0.2, 0.25) is 0 Å². The molecule has 1 amide bonds. The molecule has 0 saturated heterocycles. The van der Waals surface area contributed by atoms with E-state index >= 15 is 0 Å². The Kier molecular flexibility index (Phi) is 7.11. The quantitative estimate of drug-likeness (QED) is 0.558. The van der Waals surface area contributed by atoms with Gasteiger partial charge in [-0.2, -0.15) is 0 Å². The molecule has 4 nitrogen and oxygen atoms in total. The van der Waals surface area contributed by atoms with E-state index in [-0.39, 0.29) is 18.0 Å². The van der Waals surface area contributed by atoms with Crippen molar-refractivity contribution in [3.63, 3.8) is 0 Å². The van der Waals surface area contributed by atoms with Gasteiger partial charge < -0.3 is 9.64 Å². The number of rotatable bonds is 6. The summed E-state index contributed by atoms with van der Waals surface area (Å²) in [5.74, 6) is 1.05. The standard InChI is InChI=1S/C18H31NO3/c1-7-10-19(15(6)20)14(5)18(21)22-17-11-13(4)8-9-16(17)12(2)3/h7,12-14,16-17H,1,8-11H2,2-6H3. The van der Waals surface area contributed by atoms with Crippen molar-refractivity contribution in [2.75, 3.05) is 6.54 Å². The Bertz CT molecular complexity index is 405. The molecule has 0 aliphatic heterocycles. The number of nitrogens with zero attached hydrogens (tertiary/aromatic N) is 1. The largest absolute Gasteiger partial charge is 0.461 e. The molecule has 22 heavy (non-hydrogen) atoms. The smallest absolute Gasteiger partial charge is 0.328 e. The maximum atomic E-state index is 12.5. The van der Waals surface area contributed by atoms with Crippen LogP contribution in [0.15, 0.2) is 12.7 Å². The topological polar surface area (TPSA) is 46.6 Å². The molecule has 1 aliphatic rings. The Hall–Kier alpha value is -1.32. The third-order valence-corrected chi connectivity index (χ3v) is 4.77. The third kappa shape index (κ3) is 4.85. The molecule has 1 rings (SSSR count). The molecule has 0 heterocycles. The van der Waals surface area contributed by atoms with Gasteiger partial charge in [0.15, 0.2) is 0 Å². The van der Waals surface area contributed by atoms with Gasteiger partial charge in [0.1, 0.15) is 12.1 Å². The van der Waals surface area contributed by atoms with Gasteiger partial charge in [0.25, 0.3) is 0 Å². The Balaban J connectivity index is 2.75. The number of hydrogen-bond donors (Lipinski definition) is 0. The number of esters is 1. The highest BCUT2D eigenvalue weighted by Crippen LogP contribution is 2.35. The first-order valence-corrected chi connectivity index (χ1v) is 8.36. The first kappa shape index (κ1) is 18.7. The number of carbonyl (C=O) groups is 2. The summed E-state index contributed by atoms with van der Waals surface area (Å²) in [6.07, 6.45) is 4.82. The van der Waals surface area contributed by atoms with Gasteiger partial charge in [0.05, 0.1) is 0 Å². The summed E-state index contributed by atoms with van der Waals surface area (Å²) in [5.41, 5.74) is 0. The maximum Gasteiger partial charge on any atom is 0.328 e. The number of hydrogen-bond acceptors (Lipinski definition) is 3.